The molecule has 0 spiro atoms. The van der Waals surface area contributed by atoms with Gasteiger partial charge in [0.2, 0.25) is 0 Å². The normalized spacial score (nSPS) is 39.2. The van der Waals surface area contributed by atoms with E-state index in [2.05, 4.69) is 40.0 Å². The molecule has 0 nitrogen and oxygen atoms in total. The van der Waals surface area contributed by atoms with Crippen molar-refractivity contribution < 1.29 is 0 Å². The number of rotatable bonds is 0. The maximum Gasteiger partial charge on any atom is -0.00374 e. The first-order chi connectivity index (χ1) is 5.89. The number of allylic oxidation sites excluding steroid dienone is 1. The third-order valence-electron chi connectivity index (χ3n) is 4.49. The molecular weight excluding hydrogens is 156 g/mol. The summed E-state index contributed by atoms with van der Waals surface area (Å²) in [6.45, 7) is 13.4. The van der Waals surface area contributed by atoms with Crippen molar-refractivity contribution in [1.29, 1.82) is 0 Å². The summed E-state index contributed by atoms with van der Waals surface area (Å²) in [4.78, 5) is 0. The zero-order valence-corrected chi connectivity index (χ0v) is 9.28. The van der Waals surface area contributed by atoms with E-state index < -0.39 is 0 Å². The minimum atomic E-state index is 0.377. The van der Waals surface area contributed by atoms with Crippen molar-refractivity contribution in [3.8, 4) is 0 Å². The van der Waals surface area contributed by atoms with Crippen LogP contribution < -0.4 is 0 Å². The molecule has 0 heteroatoms. The highest BCUT2D eigenvalue weighted by atomic mass is 14.6. The van der Waals surface area contributed by atoms with E-state index in [1.54, 1.807) is 0 Å². The number of fused-ring (bicyclic) bond motifs is 2. The van der Waals surface area contributed by atoms with Crippen molar-refractivity contribution in [2.24, 2.45) is 22.7 Å². The first-order valence-corrected chi connectivity index (χ1v) is 5.30. The lowest BCUT2D eigenvalue weighted by molar-refractivity contribution is 0.184. The van der Waals surface area contributed by atoms with Crippen LogP contribution in [0.25, 0.3) is 0 Å². The van der Waals surface area contributed by atoms with Crippen LogP contribution in [0.4, 0.5) is 0 Å². The molecule has 0 aromatic carbocycles. The molecule has 0 radical (unpaired) electrons. The summed E-state index contributed by atoms with van der Waals surface area (Å²) in [5.74, 6) is 1.63. The summed E-state index contributed by atoms with van der Waals surface area (Å²) >= 11 is 0. The smallest absolute Gasteiger partial charge is 0.00374 e. The molecule has 0 aromatic rings. The Bertz CT molecular complexity index is 287. The second kappa shape index (κ2) is 2.30. The van der Waals surface area contributed by atoms with Crippen LogP contribution in [0.2, 0.25) is 0 Å². The maximum absolute atomic E-state index is 3.86. The number of hydrogen-bond donors (Lipinski definition) is 0. The third-order valence-corrected chi connectivity index (χ3v) is 4.49. The third kappa shape index (κ3) is 0.987. The second-order valence-electron chi connectivity index (χ2n) is 5.99. The molecule has 0 saturated heterocycles. The van der Waals surface area contributed by atoms with E-state index in [0.717, 1.165) is 11.8 Å². The minimum Gasteiger partial charge on any atom is -0.129 e. The average molecular weight is 176 g/mol. The molecule has 13 heavy (non-hydrogen) atoms. The summed E-state index contributed by atoms with van der Waals surface area (Å²) < 4.78 is 0. The molecule has 2 atom stereocenters. The number of hydrogen-bond acceptors (Lipinski definition) is 0. The van der Waals surface area contributed by atoms with Crippen LogP contribution in [0.1, 0.15) is 40.5 Å². The Kier molecular flexibility index (Phi) is 1.61. The van der Waals surface area contributed by atoms with Gasteiger partial charge >= 0.3 is 0 Å². The van der Waals surface area contributed by atoms with Gasteiger partial charge in [-0.2, -0.15) is 0 Å². The Morgan fingerprint density at radius 2 is 1.92 bits per heavy atom. The van der Waals surface area contributed by atoms with Crippen LogP contribution in [-0.2, 0) is 0 Å². The first kappa shape index (κ1) is 9.09. The van der Waals surface area contributed by atoms with Crippen LogP contribution in [0.15, 0.2) is 17.9 Å². The Balaban J connectivity index is 2.46. The van der Waals surface area contributed by atoms with Gasteiger partial charge in [0.25, 0.3) is 0 Å². The second-order valence-corrected chi connectivity index (χ2v) is 5.99. The van der Waals surface area contributed by atoms with Gasteiger partial charge in [0.1, 0.15) is 0 Å². The van der Waals surface area contributed by atoms with E-state index >= 15 is 0 Å². The van der Waals surface area contributed by atoms with Gasteiger partial charge in [-0.1, -0.05) is 34.3 Å². The molecule has 0 N–H and O–H groups in total. The standard InChI is InChI=1S/C13H20/c1-6-10-11-7-9(13(10,4)5)8-12(11,2)3/h9,11H,1,7-8H2,2-5H3. The topological polar surface area (TPSA) is 0 Å². The lowest BCUT2D eigenvalue weighted by Gasteiger charge is -2.40. The van der Waals surface area contributed by atoms with Crippen molar-refractivity contribution in [3.63, 3.8) is 0 Å². The van der Waals surface area contributed by atoms with Crippen molar-refractivity contribution >= 4 is 0 Å². The van der Waals surface area contributed by atoms with E-state index in [9.17, 15) is 0 Å². The van der Waals surface area contributed by atoms with E-state index in [-0.39, 0.29) is 0 Å². The van der Waals surface area contributed by atoms with Gasteiger partial charge in [0, 0.05) is 0 Å². The summed E-state index contributed by atoms with van der Waals surface area (Å²) in [7, 11) is 0. The van der Waals surface area contributed by atoms with Gasteiger partial charge in [-0.15, -0.1) is 5.73 Å². The monoisotopic (exact) mass is 176 g/mol. The molecule has 2 aliphatic carbocycles. The average Bonchev–Trinajstić information content (AvgIpc) is 2.39. The molecule has 2 aliphatic rings. The van der Waals surface area contributed by atoms with Gasteiger partial charge in [-0.25, -0.2) is 0 Å². The van der Waals surface area contributed by atoms with Gasteiger partial charge in [-0.3, -0.25) is 0 Å². The molecule has 2 bridgehead atoms. The zero-order chi connectivity index (χ0) is 9.85. The lowest BCUT2D eigenvalue weighted by atomic mass is 9.64. The highest BCUT2D eigenvalue weighted by molar-refractivity contribution is 5.28. The molecule has 0 aliphatic heterocycles. The van der Waals surface area contributed by atoms with Crippen molar-refractivity contribution in [1.82, 2.24) is 0 Å². The largest absolute Gasteiger partial charge is 0.129 e. The Morgan fingerprint density at radius 3 is 2.31 bits per heavy atom. The molecular formula is C13H20. The zero-order valence-electron chi connectivity index (χ0n) is 9.28. The van der Waals surface area contributed by atoms with E-state index in [1.165, 1.54) is 18.4 Å². The fourth-order valence-corrected chi connectivity index (χ4v) is 3.54. The van der Waals surface area contributed by atoms with E-state index in [4.69, 9.17) is 0 Å². The summed E-state index contributed by atoms with van der Waals surface area (Å²) in [5, 5.41) is 0. The molecule has 0 amide bonds. The highest BCUT2D eigenvalue weighted by Gasteiger charge is 2.56. The quantitative estimate of drug-likeness (QED) is 0.493. The molecule has 0 heterocycles. The predicted molar refractivity (Wildman–Crippen MR) is 56.4 cm³/mol. The van der Waals surface area contributed by atoms with Crippen LogP contribution in [0, 0.1) is 22.7 Å². The summed E-state index contributed by atoms with van der Waals surface area (Å²) in [6, 6.07) is 0. The molecule has 72 valence electrons. The predicted octanol–water partition coefficient (Wildman–Crippen LogP) is 3.79. The van der Waals surface area contributed by atoms with Gasteiger partial charge < -0.3 is 0 Å². The van der Waals surface area contributed by atoms with Crippen molar-refractivity contribution in [2.75, 3.05) is 0 Å². The van der Waals surface area contributed by atoms with Gasteiger partial charge in [0.05, 0.1) is 0 Å². The summed E-state index contributed by atoms with van der Waals surface area (Å²) in [6.07, 6.45) is 2.76. The minimum absolute atomic E-state index is 0.377. The molecule has 0 aromatic heterocycles. The van der Waals surface area contributed by atoms with E-state index in [1.807, 2.05) is 0 Å². The fourth-order valence-electron chi connectivity index (χ4n) is 3.54. The van der Waals surface area contributed by atoms with Crippen LogP contribution in [0.5, 0.6) is 0 Å². The van der Waals surface area contributed by atoms with Gasteiger partial charge in [-0.05, 0) is 41.1 Å². The highest BCUT2D eigenvalue weighted by Crippen LogP contribution is 2.65. The molecule has 2 saturated carbocycles. The first-order valence-electron chi connectivity index (χ1n) is 5.30. The molecule has 2 unspecified atom stereocenters. The Morgan fingerprint density at radius 1 is 1.31 bits per heavy atom. The fraction of sp³-hybridized carbons (Fsp3) is 0.769. The Labute approximate surface area is 81.7 Å². The lowest BCUT2D eigenvalue weighted by Crippen LogP contribution is -2.31. The van der Waals surface area contributed by atoms with Crippen LogP contribution in [-0.4, -0.2) is 0 Å². The Hall–Kier alpha value is -0.480. The van der Waals surface area contributed by atoms with Crippen LogP contribution in [0.3, 0.4) is 0 Å². The van der Waals surface area contributed by atoms with Crippen LogP contribution >= 0.6 is 0 Å². The SMILES string of the molecule is C=C=C1C2CC(CC2(C)C)C1(C)C. The molecule has 2 fully saturated rings. The summed E-state index contributed by atoms with van der Waals surface area (Å²) in [5.41, 5.74) is 5.58. The van der Waals surface area contributed by atoms with Gasteiger partial charge in [0.15, 0.2) is 0 Å². The van der Waals surface area contributed by atoms with Crippen molar-refractivity contribution in [2.45, 2.75) is 40.5 Å². The van der Waals surface area contributed by atoms with E-state index in [0.29, 0.717) is 10.8 Å². The molecule has 2 rings (SSSR count). The van der Waals surface area contributed by atoms with Crippen molar-refractivity contribution in [3.05, 3.63) is 17.9 Å². The maximum atomic E-state index is 3.86.